The standard InChI is InChI=1S/C21H21ClN2O4S/c1-26-16-7-6-13(12-17(16)27-2)20(25)24-10-8-14(9-11-24)28-21-23-19-15(22)4-3-5-18(19)29-21/h3-7,12,14H,8-11H2,1-2H3. The molecule has 1 amide bonds. The van der Waals surface area contributed by atoms with E-state index >= 15 is 0 Å². The Morgan fingerprint density at radius 2 is 1.90 bits per heavy atom. The molecule has 29 heavy (non-hydrogen) atoms. The molecule has 152 valence electrons. The second-order valence-corrected chi connectivity index (χ2v) is 8.15. The van der Waals surface area contributed by atoms with Crippen LogP contribution in [0.2, 0.25) is 5.02 Å². The molecule has 2 heterocycles. The van der Waals surface area contributed by atoms with Crippen molar-refractivity contribution in [3.63, 3.8) is 0 Å². The number of piperidine rings is 1. The maximum Gasteiger partial charge on any atom is 0.274 e. The van der Waals surface area contributed by atoms with Crippen molar-refractivity contribution in [2.45, 2.75) is 18.9 Å². The van der Waals surface area contributed by atoms with Gasteiger partial charge in [-0.3, -0.25) is 4.79 Å². The number of hydrogen-bond donors (Lipinski definition) is 0. The third-order valence-electron chi connectivity index (χ3n) is 4.98. The molecule has 4 rings (SSSR count). The normalized spacial score (nSPS) is 14.8. The average Bonchev–Trinajstić information content (AvgIpc) is 3.17. The molecule has 6 nitrogen and oxygen atoms in total. The van der Waals surface area contributed by atoms with Crippen LogP contribution in [0.5, 0.6) is 16.7 Å². The maximum atomic E-state index is 12.9. The van der Waals surface area contributed by atoms with Crippen LogP contribution in [0, 0.1) is 0 Å². The number of likely N-dealkylation sites (tertiary alicyclic amines) is 1. The first kappa shape index (κ1) is 19.8. The summed E-state index contributed by atoms with van der Waals surface area (Å²) in [5, 5.41) is 1.25. The smallest absolute Gasteiger partial charge is 0.274 e. The topological polar surface area (TPSA) is 60.9 Å². The summed E-state index contributed by atoms with van der Waals surface area (Å²) in [6.45, 7) is 1.26. The Labute approximate surface area is 178 Å². The van der Waals surface area contributed by atoms with E-state index in [1.165, 1.54) is 11.3 Å². The number of carbonyl (C=O) groups is 1. The monoisotopic (exact) mass is 432 g/mol. The van der Waals surface area contributed by atoms with E-state index in [1.807, 2.05) is 23.1 Å². The van der Waals surface area contributed by atoms with E-state index in [0.29, 0.717) is 40.4 Å². The van der Waals surface area contributed by atoms with Gasteiger partial charge in [-0.05, 0) is 30.3 Å². The van der Waals surface area contributed by atoms with E-state index in [0.717, 1.165) is 23.1 Å². The number of carbonyl (C=O) groups excluding carboxylic acids is 1. The minimum Gasteiger partial charge on any atom is -0.493 e. The van der Waals surface area contributed by atoms with Crippen LogP contribution in [-0.2, 0) is 0 Å². The molecule has 1 aromatic heterocycles. The van der Waals surface area contributed by atoms with Crippen LogP contribution in [0.4, 0.5) is 0 Å². The molecule has 0 N–H and O–H groups in total. The first-order valence-electron chi connectivity index (χ1n) is 9.32. The number of hydrogen-bond acceptors (Lipinski definition) is 6. The van der Waals surface area contributed by atoms with Gasteiger partial charge in [-0.1, -0.05) is 29.0 Å². The Morgan fingerprint density at radius 3 is 2.59 bits per heavy atom. The lowest BCUT2D eigenvalue weighted by atomic mass is 10.1. The largest absolute Gasteiger partial charge is 0.493 e. The third-order valence-corrected chi connectivity index (χ3v) is 6.19. The molecule has 2 aromatic carbocycles. The van der Waals surface area contributed by atoms with Crippen molar-refractivity contribution in [2.24, 2.45) is 0 Å². The van der Waals surface area contributed by atoms with Crippen LogP contribution in [0.15, 0.2) is 36.4 Å². The quantitative estimate of drug-likeness (QED) is 0.587. The highest BCUT2D eigenvalue weighted by Gasteiger charge is 2.26. The zero-order valence-corrected chi connectivity index (χ0v) is 17.8. The predicted molar refractivity (Wildman–Crippen MR) is 114 cm³/mol. The Morgan fingerprint density at radius 1 is 1.14 bits per heavy atom. The Balaban J connectivity index is 1.38. The number of halogens is 1. The van der Waals surface area contributed by atoms with Gasteiger partial charge in [0.25, 0.3) is 11.1 Å². The second-order valence-electron chi connectivity index (χ2n) is 6.75. The highest BCUT2D eigenvalue weighted by Crippen LogP contribution is 2.33. The summed E-state index contributed by atoms with van der Waals surface area (Å²) in [6, 6.07) is 10.9. The summed E-state index contributed by atoms with van der Waals surface area (Å²) >= 11 is 7.69. The molecule has 1 aliphatic rings. The van der Waals surface area contributed by atoms with Crippen LogP contribution in [0.1, 0.15) is 23.2 Å². The number of aromatic nitrogens is 1. The maximum absolute atomic E-state index is 12.9. The van der Waals surface area contributed by atoms with Crippen molar-refractivity contribution in [1.29, 1.82) is 0 Å². The van der Waals surface area contributed by atoms with Crippen LogP contribution >= 0.6 is 22.9 Å². The molecule has 0 unspecified atom stereocenters. The molecule has 0 saturated carbocycles. The number of ether oxygens (including phenoxy) is 3. The van der Waals surface area contributed by atoms with Crippen LogP contribution in [0.3, 0.4) is 0 Å². The molecule has 3 aromatic rings. The summed E-state index contributed by atoms with van der Waals surface area (Å²) < 4.78 is 17.6. The van der Waals surface area contributed by atoms with Gasteiger partial charge in [0.2, 0.25) is 0 Å². The fraction of sp³-hybridized carbons (Fsp3) is 0.333. The highest BCUT2D eigenvalue weighted by atomic mass is 35.5. The van der Waals surface area contributed by atoms with Gasteiger partial charge in [0.15, 0.2) is 11.5 Å². The van der Waals surface area contributed by atoms with Gasteiger partial charge < -0.3 is 19.1 Å². The SMILES string of the molecule is COc1ccc(C(=O)N2CCC(Oc3nc4c(Cl)cccc4s3)CC2)cc1OC. The van der Waals surface area contributed by atoms with Crippen molar-refractivity contribution >= 4 is 39.1 Å². The summed E-state index contributed by atoms with van der Waals surface area (Å²) in [4.78, 5) is 19.2. The molecule has 1 saturated heterocycles. The van der Waals surface area contributed by atoms with Crippen molar-refractivity contribution in [2.75, 3.05) is 27.3 Å². The minimum atomic E-state index is -0.0174. The average molecular weight is 433 g/mol. The Hall–Kier alpha value is -2.51. The molecule has 8 heteroatoms. The number of thiazole rings is 1. The van der Waals surface area contributed by atoms with Gasteiger partial charge in [0.1, 0.15) is 11.6 Å². The van der Waals surface area contributed by atoms with Crippen LogP contribution in [-0.4, -0.2) is 49.2 Å². The summed E-state index contributed by atoms with van der Waals surface area (Å²) in [7, 11) is 3.13. The zero-order valence-electron chi connectivity index (χ0n) is 16.2. The van der Waals surface area contributed by atoms with Crippen molar-refractivity contribution in [3.8, 4) is 16.7 Å². The Bertz CT molecular complexity index is 1030. The minimum absolute atomic E-state index is 0.0174. The molecule has 1 aliphatic heterocycles. The molecule has 0 aliphatic carbocycles. The molecule has 0 spiro atoms. The number of amides is 1. The highest BCUT2D eigenvalue weighted by molar-refractivity contribution is 7.20. The van der Waals surface area contributed by atoms with Gasteiger partial charge >= 0.3 is 0 Å². The van der Waals surface area contributed by atoms with E-state index in [9.17, 15) is 4.79 Å². The lowest BCUT2D eigenvalue weighted by molar-refractivity contribution is 0.0595. The van der Waals surface area contributed by atoms with Crippen molar-refractivity contribution in [3.05, 3.63) is 47.0 Å². The third kappa shape index (κ3) is 4.11. The number of methoxy groups -OCH3 is 2. The summed E-state index contributed by atoms with van der Waals surface area (Å²) in [5.74, 6) is 1.13. The first-order chi connectivity index (χ1) is 14.1. The van der Waals surface area contributed by atoms with Gasteiger partial charge in [0.05, 0.1) is 23.9 Å². The van der Waals surface area contributed by atoms with Crippen LogP contribution < -0.4 is 14.2 Å². The van der Waals surface area contributed by atoms with E-state index in [-0.39, 0.29) is 12.0 Å². The molecule has 0 atom stereocenters. The summed E-state index contributed by atoms with van der Waals surface area (Å²) in [6.07, 6.45) is 1.54. The van der Waals surface area contributed by atoms with E-state index in [1.54, 1.807) is 32.4 Å². The molecular formula is C21H21ClN2O4S. The number of fused-ring (bicyclic) bond motifs is 1. The molecule has 1 fully saturated rings. The van der Waals surface area contributed by atoms with Crippen molar-refractivity contribution in [1.82, 2.24) is 9.88 Å². The second kappa shape index (κ2) is 8.47. The molecule has 0 radical (unpaired) electrons. The van der Waals surface area contributed by atoms with Gasteiger partial charge in [-0.25, -0.2) is 4.98 Å². The molecular weight excluding hydrogens is 412 g/mol. The van der Waals surface area contributed by atoms with Gasteiger partial charge in [-0.2, -0.15) is 0 Å². The van der Waals surface area contributed by atoms with Gasteiger partial charge in [0, 0.05) is 31.5 Å². The predicted octanol–water partition coefficient (Wildman–Crippen LogP) is 4.65. The van der Waals surface area contributed by atoms with Crippen LogP contribution in [0.25, 0.3) is 10.2 Å². The van der Waals surface area contributed by atoms with Crippen molar-refractivity contribution < 1.29 is 19.0 Å². The lowest BCUT2D eigenvalue weighted by Gasteiger charge is -2.31. The fourth-order valence-electron chi connectivity index (χ4n) is 3.42. The first-order valence-corrected chi connectivity index (χ1v) is 10.5. The number of para-hydroxylation sites is 1. The molecule has 0 bridgehead atoms. The van der Waals surface area contributed by atoms with E-state index < -0.39 is 0 Å². The number of rotatable bonds is 5. The van der Waals surface area contributed by atoms with Gasteiger partial charge in [-0.15, -0.1) is 0 Å². The number of nitrogens with zero attached hydrogens (tertiary/aromatic N) is 2. The van der Waals surface area contributed by atoms with E-state index in [2.05, 4.69) is 4.98 Å². The van der Waals surface area contributed by atoms with E-state index in [4.69, 9.17) is 25.8 Å². The zero-order chi connectivity index (χ0) is 20.4. The fourth-order valence-corrected chi connectivity index (χ4v) is 4.60. The lowest BCUT2D eigenvalue weighted by Crippen LogP contribution is -2.41. The number of benzene rings is 2. The Kier molecular flexibility index (Phi) is 5.78. The summed E-state index contributed by atoms with van der Waals surface area (Å²) in [5.41, 5.74) is 1.36.